The molecule has 1 aromatic heterocycles. The van der Waals surface area contributed by atoms with Crippen LogP contribution in [0, 0.1) is 0 Å². The van der Waals surface area contributed by atoms with Crippen molar-refractivity contribution < 1.29 is 14.7 Å². The molecule has 1 fully saturated rings. The van der Waals surface area contributed by atoms with E-state index in [4.69, 9.17) is 5.11 Å². The minimum absolute atomic E-state index is 0.163. The van der Waals surface area contributed by atoms with Gasteiger partial charge in [0.1, 0.15) is 4.88 Å². The average molecular weight is 282 g/mol. The Morgan fingerprint density at radius 3 is 2.84 bits per heavy atom. The Morgan fingerprint density at radius 2 is 2.21 bits per heavy atom. The second-order valence-corrected chi connectivity index (χ2v) is 5.76. The Balaban J connectivity index is 1.94. The van der Waals surface area contributed by atoms with Crippen LogP contribution in [0.4, 0.5) is 0 Å². The number of carboxylic acid groups (broad SMARTS) is 1. The van der Waals surface area contributed by atoms with Crippen LogP contribution in [-0.2, 0) is 0 Å². The molecule has 2 heterocycles. The second kappa shape index (κ2) is 6.16. The molecule has 0 spiro atoms. The monoisotopic (exact) mass is 282 g/mol. The van der Waals surface area contributed by atoms with E-state index >= 15 is 0 Å². The van der Waals surface area contributed by atoms with Gasteiger partial charge in [0.05, 0.1) is 4.88 Å². The first-order valence-corrected chi connectivity index (χ1v) is 7.28. The number of carbonyl (C=O) groups excluding carboxylic acids is 1. The number of likely N-dealkylation sites (N-methyl/N-ethyl adjacent to an activating group) is 1. The minimum Gasteiger partial charge on any atom is -0.477 e. The van der Waals surface area contributed by atoms with Crippen molar-refractivity contribution in [2.75, 3.05) is 19.6 Å². The summed E-state index contributed by atoms with van der Waals surface area (Å²) in [6.07, 6.45) is 2.07. The molecule has 1 amide bonds. The molecule has 2 rings (SSSR count). The number of hydrogen-bond acceptors (Lipinski definition) is 4. The summed E-state index contributed by atoms with van der Waals surface area (Å²) in [5.41, 5.74) is 0. The van der Waals surface area contributed by atoms with Gasteiger partial charge in [0.2, 0.25) is 0 Å². The minimum atomic E-state index is -0.987. The zero-order valence-electron chi connectivity index (χ0n) is 10.9. The first kappa shape index (κ1) is 14.0. The molecule has 2 N–H and O–H groups in total. The van der Waals surface area contributed by atoms with Crippen LogP contribution in [0.25, 0.3) is 0 Å². The van der Waals surface area contributed by atoms with Crippen LogP contribution in [0.1, 0.15) is 39.1 Å². The Labute approximate surface area is 116 Å². The third-order valence-electron chi connectivity index (χ3n) is 3.33. The van der Waals surface area contributed by atoms with Crippen LogP contribution in [0.5, 0.6) is 0 Å². The van der Waals surface area contributed by atoms with Crippen LogP contribution < -0.4 is 5.32 Å². The molecule has 0 saturated carbocycles. The molecule has 104 valence electrons. The second-order valence-electron chi connectivity index (χ2n) is 4.67. The number of nitrogens with zero attached hydrogens (tertiary/aromatic N) is 1. The number of aromatic carboxylic acids is 1. The van der Waals surface area contributed by atoms with Crippen molar-refractivity contribution in [1.82, 2.24) is 10.2 Å². The molecule has 1 saturated heterocycles. The Kier molecular flexibility index (Phi) is 4.55. The number of nitrogens with one attached hydrogen (secondary N) is 1. The molecule has 6 heteroatoms. The van der Waals surface area contributed by atoms with Crippen LogP contribution >= 0.6 is 11.3 Å². The first-order chi connectivity index (χ1) is 9.10. The predicted molar refractivity (Wildman–Crippen MR) is 73.9 cm³/mol. The molecular formula is C13H18N2O3S. The molecule has 1 aliphatic rings. The lowest BCUT2D eigenvalue weighted by atomic mass is 10.1. The van der Waals surface area contributed by atoms with E-state index in [0.29, 0.717) is 4.88 Å². The van der Waals surface area contributed by atoms with E-state index in [2.05, 4.69) is 17.1 Å². The fourth-order valence-electron chi connectivity index (χ4n) is 2.29. The molecular weight excluding hydrogens is 264 g/mol. The SMILES string of the molecule is CCN1CCCC(NC(=O)c2ccc(C(=O)O)s2)C1. The molecule has 1 aromatic rings. The van der Waals surface area contributed by atoms with Gasteiger partial charge in [-0.2, -0.15) is 0 Å². The van der Waals surface area contributed by atoms with E-state index in [1.807, 2.05) is 0 Å². The predicted octanol–water partition coefficient (Wildman–Crippen LogP) is 1.66. The first-order valence-electron chi connectivity index (χ1n) is 6.46. The number of rotatable bonds is 4. The lowest BCUT2D eigenvalue weighted by Gasteiger charge is -2.32. The summed E-state index contributed by atoms with van der Waals surface area (Å²) >= 11 is 1.02. The highest BCUT2D eigenvalue weighted by atomic mass is 32.1. The van der Waals surface area contributed by atoms with Crippen molar-refractivity contribution >= 4 is 23.2 Å². The molecule has 1 atom stereocenters. The van der Waals surface area contributed by atoms with Crippen molar-refractivity contribution in [1.29, 1.82) is 0 Å². The highest BCUT2D eigenvalue weighted by Crippen LogP contribution is 2.17. The van der Waals surface area contributed by atoms with E-state index in [1.165, 1.54) is 6.07 Å². The summed E-state index contributed by atoms with van der Waals surface area (Å²) in [7, 11) is 0. The number of amides is 1. The van der Waals surface area contributed by atoms with Crippen molar-refractivity contribution in [3.8, 4) is 0 Å². The van der Waals surface area contributed by atoms with Gasteiger partial charge in [-0.15, -0.1) is 11.3 Å². The normalized spacial score (nSPS) is 20.2. The Morgan fingerprint density at radius 1 is 1.47 bits per heavy atom. The fourth-order valence-corrected chi connectivity index (χ4v) is 3.04. The summed E-state index contributed by atoms with van der Waals surface area (Å²) < 4.78 is 0. The number of thiophene rings is 1. The van der Waals surface area contributed by atoms with Crippen molar-refractivity contribution in [2.45, 2.75) is 25.8 Å². The summed E-state index contributed by atoms with van der Waals surface area (Å²) in [4.78, 5) is 25.8. The molecule has 19 heavy (non-hydrogen) atoms. The fraction of sp³-hybridized carbons (Fsp3) is 0.538. The number of hydrogen-bond donors (Lipinski definition) is 2. The Bertz CT molecular complexity index is 472. The largest absolute Gasteiger partial charge is 0.477 e. The van der Waals surface area contributed by atoms with Gasteiger partial charge in [0.15, 0.2) is 0 Å². The summed E-state index contributed by atoms with van der Waals surface area (Å²) in [6.45, 7) is 5.07. The average Bonchev–Trinajstić information content (AvgIpc) is 2.89. The maximum Gasteiger partial charge on any atom is 0.345 e. The zero-order valence-corrected chi connectivity index (χ0v) is 11.7. The summed E-state index contributed by atoms with van der Waals surface area (Å²) in [5, 5.41) is 11.8. The lowest BCUT2D eigenvalue weighted by molar-refractivity contribution is 0.0702. The van der Waals surface area contributed by atoms with Gasteiger partial charge in [0.25, 0.3) is 5.91 Å². The molecule has 0 radical (unpaired) electrons. The van der Waals surface area contributed by atoms with Crippen LogP contribution in [0.3, 0.4) is 0 Å². The third kappa shape index (κ3) is 3.54. The van der Waals surface area contributed by atoms with Gasteiger partial charge < -0.3 is 15.3 Å². The van der Waals surface area contributed by atoms with E-state index < -0.39 is 5.97 Å². The van der Waals surface area contributed by atoms with Gasteiger partial charge in [-0.1, -0.05) is 6.92 Å². The summed E-state index contributed by atoms with van der Waals surface area (Å²) in [5.74, 6) is -1.15. The maximum atomic E-state index is 12.0. The van der Waals surface area contributed by atoms with Gasteiger partial charge >= 0.3 is 5.97 Å². The van der Waals surface area contributed by atoms with Gasteiger partial charge in [0, 0.05) is 12.6 Å². The molecule has 1 unspecified atom stereocenters. The van der Waals surface area contributed by atoms with Crippen molar-refractivity contribution in [3.63, 3.8) is 0 Å². The lowest BCUT2D eigenvalue weighted by Crippen LogP contribution is -2.47. The molecule has 0 bridgehead atoms. The van der Waals surface area contributed by atoms with Crippen LogP contribution in [-0.4, -0.2) is 47.6 Å². The molecule has 0 aliphatic carbocycles. The smallest absolute Gasteiger partial charge is 0.345 e. The number of piperidine rings is 1. The van der Waals surface area contributed by atoms with E-state index in [9.17, 15) is 9.59 Å². The van der Waals surface area contributed by atoms with Crippen molar-refractivity contribution in [2.24, 2.45) is 0 Å². The van der Waals surface area contributed by atoms with Crippen LogP contribution in [0.15, 0.2) is 12.1 Å². The molecule has 5 nitrogen and oxygen atoms in total. The van der Waals surface area contributed by atoms with E-state index in [1.54, 1.807) is 6.07 Å². The molecule has 0 aromatic carbocycles. The highest BCUT2D eigenvalue weighted by Gasteiger charge is 2.21. The van der Waals surface area contributed by atoms with Crippen molar-refractivity contribution in [3.05, 3.63) is 21.9 Å². The zero-order chi connectivity index (χ0) is 13.8. The quantitative estimate of drug-likeness (QED) is 0.881. The van der Waals surface area contributed by atoms with Crippen LogP contribution in [0.2, 0.25) is 0 Å². The van der Waals surface area contributed by atoms with Gasteiger partial charge in [-0.05, 0) is 38.1 Å². The standard InChI is InChI=1S/C13H18N2O3S/c1-2-15-7-3-4-9(8-15)14-12(16)10-5-6-11(19-10)13(17)18/h5-6,9H,2-4,7-8H2,1H3,(H,14,16)(H,17,18). The van der Waals surface area contributed by atoms with E-state index in [0.717, 1.165) is 43.8 Å². The van der Waals surface area contributed by atoms with Gasteiger partial charge in [-0.3, -0.25) is 4.79 Å². The number of carboxylic acids is 1. The molecule has 1 aliphatic heterocycles. The number of carbonyl (C=O) groups is 2. The maximum absolute atomic E-state index is 12.0. The highest BCUT2D eigenvalue weighted by molar-refractivity contribution is 7.15. The topological polar surface area (TPSA) is 69.6 Å². The van der Waals surface area contributed by atoms with E-state index in [-0.39, 0.29) is 16.8 Å². The Hall–Kier alpha value is -1.40. The third-order valence-corrected chi connectivity index (χ3v) is 4.40. The number of likely N-dealkylation sites (tertiary alicyclic amines) is 1. The summed E-state index contributed by atoms with van der Waals surface area (Å²) in [6, 6.07) is 3.21. The van der Waals surface area contributed by atoms with Gasteiger partial charge in [-0.25, -0.2) is 4.79 Å².